The number of likely N-dealkylation sites (tertiary alicyclic amines) is 1. The van der Waals surface area contributed by atoms with Gasteiger partial charge in [-0.05, 0) is 80.2 Å². The van der Waals surface area contributed by atoms with Crippen LogP contribution in [0.25, 0.3) is 0 Å². The van der Waals surface area contributed by atoms with Crippen LogP contribution < -0.4 is 4.74 Å². The van der Waals surface area contributed by atoms with E-state index in [1.807, 2.05) is 12.4 Å². The first kappa shape index (κ1) is 29.9. The van der Waals surface area contributed by atoms with Gasteiger partial charge in [-0.3, -0.25) is 9.88 Å². The van der Waals surface area contributed by atoms with Gasteiger partial charge in [-0.2, -0.15) is 13.2 Å². The van der Waals surface area contributed by atoms with Crippen LogP contribution in [0.1, 0.15) is 47.4 Å². The van der Waals surface area contributed by atoms with Crippen molar-refractivity contribution in [1.82, 2.24) is 14.8 Å². The van der Waals surface area contributed by atoms with Crippen LogP contribution in [-0.4, -0.2) is 65.0 Å². The number of benzene rings is 2. The average Bonchev–Trinajstić information content (AvgIpc) is 2.93. The van der Waals surface area contributed by atoms with E-state index in [2.05, 4.69) is 76.6 Å². The number of thioether (sulfide) groups is 1. The summed E-state index contributed by atoms with van der Waals surface area (Å²) in [6.07, 6.45) is 4.82. The Labute approximate surface area is 237 Å². The summed E-state index contributed by atoms with van der Waals surface area (Å²) in [4.78, 5) is 19.6. The van der Waals surface area contributed by atoms with Crippen LogP contribution in [0.3, 0.4) is 0 Å². The van der Waals surface area contributed by atoms with Gasteiger partial charge >= 0.3 is 12.1 Å². The third kappa shape index (κ3) is 7.99. The van der Waals surface area contributed by atoms with E-state index in [9.17, 15) is 13.2 Å². The number of alkyl halides is 3. The zero-order valence-electron chi connectivity index (χ0n) is 22.7. The number of piperidine rings is 1. The molecule has 40 heavy (non-hydrogen) atoms. The van der Waals surface area contributed by atoms with Crippen molar-refractivity contribution in [2.45, 2.75) is 49.3 Å². The number of likely N-dealkylation sites (N-methyl/N-ethyl adjacent to an activating group) is 1. The van der Waals surface area contributed by atoms with Crippen molar-refractivity contribution in [2.24, 2.45) is 0 Å². The number of rotatable bonds is 6. The Kier molecular flexibility index (Phi) is 10.1. The van der Waals surface area contributed by atoms with Crippen molar-refractivity contribution in [3.63, 3.8) is 0 Å². The van der Waals surface area contributed by atoms with Crippen molar-refractivity contribution in [1.29, 1.82) is 0 Å². The molecule has 3 heterocycles. The first-order valence-electron chi connectivity index (χ1n) is 13.2. The number of hydrogen-bond donors (Lipinski definition) is 1. The second-order valence-electron chi connectivity index (χ2n) is 10.1. The lowest BCUT2D eigenvalue weighted by atomic mass is 9.84. The maximum atomic E-state index is 10.6. The molecule has 0 saturated carbocycles. The number of nitrogens with zero attached hydrogens (tertiary/aromatic N) is 3. The normalized spacial score (nSPS) is 17.9. The van der Waals surface area contributed by atoms with Gasteiger partial charge in [0.15, 0.2) is 0 Å². The average molecular weight is 574 g/mol. The maximum absolute atomic E-state index is 10.6. The van der Waals surface area contributed by atoms with Gasteiger partial charge in [0.1, 0.15) is 11.5 Å². The van der Waals surface area contributed by atoms with Crippen molar-refractivity contribution in [2.75, 3.05) is 32.9 Å². The van der Waals surface area contributed by atoms with Crippen molar-refractivity contribution in [3.8, 4) is 11.5 Å². The zero-order valence-corrected chi connectivity index (χ0v) is 23.5. The summed E-state index contributed by atoms with van der Waals surface area (Å²) in [7, 11) is 2.20. The number of aromatic nitrogens is 1. The second kappa shape index (κ2) is 13.5. The topological polar surface area (TPSA) is 65.9 Å². The van der Waals surface area contributed by atoms with E-state index < -0.39 is 12.1 Å². The summed E-state index contributed by atoms with van der Waals surface area (Å²) < 4.78 is 38.3. The monoisotopic (exact) mass is 573 g/mol. The number of carbonyl (C=O) groups is 1. The molecule has 0 aliphatic carbocycles. The summed E-state index contributed by atoms with van der Waals surface area (Å²) in [5.41, 5.74) is 5.23. The predicted octanol–water partition coefficient (Wildman–Crippen LogP) is 6.79. The molecule has 2 aromatic carbocycles. The number of pyridine rings is 1. The Bertz CT molecular complexity index is 1280. The molecule has 6 nitrogen and oxygen atoms in total. The summed E-state index contributed by atoms with van der Waals surface area (Å²) >= 11 is 1.78. The predicted molar refractivity (Wildman–Crippen MR) is 150 cm³/mol. The number of carboxylic acids is 1. The molecule has 1 aromatic heterocycles. The van der Waals surface area contributed by atoms with Gasteiger partial charge in [0.05, 0.1) is 6.20 Å². The van der Waals surface area contributed by atoms with E-state index >= 15 is 0 Å². The fourth-order valence-corrected chi connectivity index (χ4v) is 5.60. The third-order valence-electron chi connectivity index (χ3n) is 7.05. The Morgan fingerprint density at radius 1 is 1.10 bits per heavy atom. The highest BCUT2D eigenvalue weighted by Crippen LogP contribution is 2.41. The largest absolute Gasteiger partial charge is 0.490 e. The summed E-state index contributed by atoms with van der Waals surface area (Å²) in [6, 6.07) is 17.6. The fourth-order valence-electron chi connectivity index (χ4n) is 5.19. The van der Waals surface area contributed by atoms with Gasteiger partial charge in [0.2, 0.25) is 0 Å². The van der Waals surface area contributed by atoms with Crippen LogP contribution in [0, 0.1) is 0 Å². The minimum Gasteiger partial charge on any atom is -0.475 e. The van der Waals surface area contributed by atoms with Gasteiger partial charge in [-0.25, -0.2) is 4.79 Å². The van der Waals surface area contributed by atoms with Crippen LogP contribution in [0.2, 0.25) is 0 Å². The Morgan fingerprint density at radius 2 is 1.80 bits per heavy atom. The minimum absolute atomic E-state index is 0.287. The molecule has 1 N–H and O–H groups in total. The van der Waals surface area contributed by atoms with Gasteiger partial charge in [0.25, 0.3) is 0 Å². The van der Waals surface area contributed by atoms with Crippen LogP contribution in [0.4, 0.5) is 13.2 Å². The molecule has 0 amide bonds. The zero-order chi connectivity index (χ0) is 28.7. The molecule has 1 fully saturated rings. The second-order valence-corrected chi connectivity index (χ2v) is 11.0. The SMILES string of the molecule is CSc1ccc(C2CN(C)Cc3cccc(Oc4cncc(CN5CCCCC5)c4)c32)cc1.O=C(O)C(F)(F)F. The fraction of sp³-hybridized carbons (Fsp3) is 0.400. The van der Waals surface area contributed by atoms with Crippen molar-refractivity contribution in [3.05, 3.63) is 83.2 Å². The molecular formula is C30H34F3N3O3S. The standard InChI is InChI=1S/C28H33N3OS.C2HF3O2/c1-30-19-23-7-6-8-27(28(23)26(20-30)22-9-11-25(33-2)12-10-22)32-24-15-21(16-29-17-24)18-31-13-4-3-5-14-31;3-2(4,5)1(6)7/h6-12,15-17,26H,3-5,13-14,18-20H2,1-2H3;(H,6,7). The summed E-state index contributed by atoms with van der Waals surface area (Å²) in [5.74, 6) is -0.687. The summed E-state index contributed by atoms with van der Waals surface area (Å²) in [5, 5.41) is 7.12. The van der Waals surface area contributed by atoms with Crippen LogP contribution in [0.15, 0.2) is 65.8 Å². The molecule has 1 saturated heterocycles. The molecule has 214 valence electrons. The van der Waals surface area contributed by atoms with E-state index in [1.165, 1.54) is 59.5 Å². The smallest absolute Gasteiger partial charge is 0.475 e. The van der Waals surface area contributed by atoms with Gasteiger partial charge < -0.3 is 14.7 Å². The lowest BCUT2D eigenvalue weighted by Crippen LogP contribution is -2.31. The number of fused-ring (bicyclic) bond motifs is 1. The highest BCUT2D eigenvalue weighted by Gasteiger charge is 2.38. The number of halogens is 3. The highest BCUT2D eigenvalue weighted by atomic mass is 32.2. The molecule has 2 aliphatic heterocycles. The number of hydrogen-bond acceptors (Lipinski definition) is 6. The molecule has 2 aliphatic rings. The highest BCUT2D eigenvalue weighted by molar-refractivity contribution is 7.98. The molecule has 0 bridgehead atoms. The van der Waals surface area contributed by atoms with Crippen LogP contribution in [-0.2, 0) is 17.9 Å². The van der Waals surface area contributed by atoms with Gasteiger partial charge in [-0.1, -0.05) is 30.7 Å². The van der Waals surface area contributed by atoms with E-state index in [4.69, 9.17) is 14.6 Å². The van der Waals surface area contributed by atoms with E-state index in [0.29, 0.717) is 0 Å². The first-order chi connectivity index (χ1) is 19.1. The van der Waals surface area contributed by atoms with Crippen LogP contribution in [0.5, 0.6) is 11.5 Å². The van der Waals surface area contributed by atoms with Gasteiger partial charge in [0, 0.05) is 42.2 Å². The lowest BCUT2D eigenvalue weighted by molar-refractivity contribution is -0.192. The molecule has 0 radical (unpaired) electrons. The number of aliphatic carboxylic acids is 1. The molecule has 0 spiro atoms. The van der Waals surface area contributed by atoms with Crippen molar-refractivity contribution >= 4 is 17.7 Å². The Morgan fingerprint density at radius 3 is 2.45 bits per heavy atom. The minimum atomic E-state index is -5.08. The Balaban J connectivity index is 0.000000470. The van der Waals surface area contributed by atoms with E-state index in [-0.39, 0.29) is 5.92 Å². The first-order valence-corrected chi connectivity index (χ1v) is 14.4. The molecule has 3 aromatic rings. The molecule has 10 heteroatoms. The number of ether oxygens (including phenoxy) is 1. The molecule has 1 unspecified atom stereocenters. The molecular weight excluding hydrogens is 539 g/mol. The quantitative estimate of drug-likeness (QED) is 0.326. The molecule has 1 atom stereocenters. The van der Waals surface area contributed by atoms with Gasteiger partial charge in [-0.15, -0.1) is 11.8 Å². The lowest BCUT2D eigenvalue weighted by Gasteiger charge is -2.34. The molecule has 5 rings (SSSR count). The van der Waals surface area contributed by atoms with E-state index in [0.717, 1.165) is 31.1 Å². The maximum Gasteiger partial charge on any atom is 0.490 e. The third-order valence-corrected chi connectivity index (χ3v) is 7.80. The van der Waals surface area contributed by atoms with Crippen LogP contribution >= 0.6 is 11.8 Å². The van der Waals surface area contributed by atoms with Crippen molar-refractivity contribution < 1.29 is 27.8 Å². The van der Waals surface area contributed by atoms with E-state index in [1.54, 1.807) is 11.8 Å². The Hall–Kier alpha value is -3.08. The summed E-state index contributed by atoms with van der Waals surface area (Å²) in [6.45, 7) is 5.24. The number of carboxylic acid groups (broad SMARTS) is 1.